The zero-order valence-electron chi connectivity index (χ0n) is 13.8. The SMILES string of the molecule is CC(C)CS(=O)(=O)CC(=O)N1CC(c2ccc(F)cc2)CC1C. The van der Waals surface area contributed by atoms with Crippen molar-refractivity contribution in [2.75, 3.05) is 18.1 Å². The molecule has 1 aliphatic heterocycles. The number of sulfone groups is 1. The summed E-state index contributed by atoms with van der Waals surface area (Å²) in [5.74, 6) is -0.873. The van der Waals surface area contributed by atoms with Gasteiger partial charge in [-0.25, -0.2) is 12.8 Å². The lowest BCUT2D eigenvalue weighted by Gasteiger charge is -2.21. The van der Waals surface area contributed by atoms with Gasteiger partial charge in [0.05, 0.1) is 5.75 Å². The fourth-order valence-electron chi connectivity index (χ4n) is 3.19. The van der Waals surface area contributed by atoms with Gasteiger partial charge in [-0.2, -0.15) is 0 Å². The standard InChI is InChI=1S/C17H24FNO3S/c1-12(2)10-23(21,22)11-17(20)19-9-15(8-13(19)3)14-4-6-16(18)7-5-14/h4-7,12-13,15H,8-11H2,1-3H3. The van der Waals surface area contributed by atoms with Crippen LogP contribution in [0.5, 0.6) is 0 Å². The Morgan fingerprint density at radius 2 is 1.91 bits per heavy atom. The van der Waals surface area contributed by atoms with Crippen molar-refractivity contribution < 1.29 is 17.6 Å². The van der Waals surface area contributed by atoms with Gasteiger partial charge in [0.25, 0.3) is 0 Å². The third kappa shape index (κ3) is 4.77. The smallest absolute Gasteiger partial charge is 0.238 e. The maximum atomic E-state index is 13.0. The van der Waals surface area contributed by atoms with Gasteiger partial charge in [0.1, 0.15) is 11.6 Å². The molecule has 0 aliphatic carbocycles. The van der Waals surface area contributed by atoms with Crippen LogP contribution in [0.25, 0.3) is 0 Å². The molecule has 23 heavy (non-hydrogen) atoms. The van der Waals surface area contributed by atoms with E-state index in [0.717, 1.165) is 12.0 Å². The molecule has 0 radical (unpaired) electrons. The molecule has 1 fully saturated rings. The van der Waals surface area contributed by atoms with Crippen LogP contribution in [0.3, 0.4) is 0 Å². The van der Waals surface area contributed by atoms with E-state index in [1.54, 1.807) is 17.0 Å². The molecule has 0 aromatic heterocycles. The van der Waals surface area contributed by atoms with E-state index in [0.29, 0.717) is 6.54 Å². The number of amides is 1. The van der Waals surface area contributed by atoms with Gasteiger partial charge in [-0.3, -0.25) is 4.79 Å². The van der Waals surface area contributed by atoms with Crippen LogP contribution in [-0.4, -0.2) is 43.3 Å². The minimum atomic E-state index is -3.37. The highest BCUT2D eigenvalue weighted by Gasteiger charge is 2.34. The molecule has 1 amide bonds. The predicted molar refractivity (Wildman–Crippen MR) is 88.4 cm³/mol. The van der Waals surface area contributed by atoms with E-state index in [2.05, 4.69) is 0 Å². The van der Waals surface area contributed by atoms with Gasteiger partial charge in [0.2, 0.25) is 5.91 Å². The molecule has 1 aromatic rings. The van der Waals surface area contributed by atoms with Gasteiger partial charge < -0.3 is 4.90 Å². The third-order valence-electron chi connectivity index (χ3n) is 4.17. The maximum Gasteiger partial charge on any atom is 0.238 e. The summed E-state index contributed by atoms with van der Waals surface area (Å²) in [4.78, 5) is 14.0. The van der Waals surface area contributed by atoms with Crippen molar-refractivity contribution in [2.24, 2.45) is 5.92 Å². The molecular formula is C17H24FNO3S. The summed E-state index contributed by atoms with van der Waals surface area (Å²) in [5, 5.41) is 0. The number of carbonyl (C=O) groups excluding carboxylic acids is 1. The van der Waals surface area contributed by atoms with Crippen molar-refractivity contribution in [1.29, 1.82) is 0 Å². The van der Waals surface area contributed by atoms with Crippen molar-refractivity contribution in [2.45, 2.75) is 39.2 Å². The average Bonchev–Trinajstić information content (AvgIpc) is 2.79. The van der Waals surface area contributed by atoms with Crippen LogP contribution in [0.4, 0.5) is 4.39 Å². The molecule has 1 heterocycles. The first-order chi connectivity index (χ1) is 10.7. The Morgan fingerprint density at radius 3 is 2.48 bits per heavy atom. The summed E-state index contributed by atoms with van der Waals surface area (Å²) in [6, 6.07) is 6.29. The van der Waals surface area contributed by atoms with Crippen molar-refractivity contribution in [3.63, 3.8) is 0 Å². The fraction of sp³-hybridized carbons (Fsp3) is 0.588. The highest BCUT2D eigenvalue weighted by molar-refractivity contribution is 7.92. The molecule has 1 saturated heterocycles. The van der Waals surface area contributed by atoms with Gasteiger partial charge in [-0.05, 0) is 37.0 Å². The number of rotatable bonds is 5. The predicted octanol–water partition coefficient (Wildman–Crippen LogP) is 2.60. The Kier molecular flexibility index (Phi) is 5.45. The van der Waals surface area contributed by atoms with Gasteiger partial charge in [0.15, 0.2) is 9.84 Å². The Labute approximate surface area is 137 Å². The third-order valence-corrected chi connectivity index (χ3v) is 6.03. The summed E-state index contributed by atoms with van der Waals surface area (Å²) in [6.45, 7) is 6.06. The number of hydrogen-bond donors (Lipinski definition) is 0. The molecule has 1 aromatic carbocycles. The molecule has 2 rings (SSSR count). The van der Waals surface area contributed by atoms with Crippen molar-refractivity contribution in [3.05, 3.63) is 35.6 Å². The summed E-state index contributed by atoms with van der Waals surface area (Å²) in [7, 11) is -3.37. The largest absolute Gasteiger partial charge is 0.338 e. The van der Waals surface area contributed by atoms with Gasteiger partial charge in [-0.15, -0.1) is 0 Å². The molecule has 0 saturated carbocycles. The molecule has 0 N–H and O–H groups in total. The molecule has 2 unspecified atom stereocenters. The van der Waals surface area contributed by atoms with Crippen LogP contribution in [-0.2, 0) is 14.6 Å². The number of carbonyl (C=O) groups is 1. The lowest BCUT2D eigenvalue weighted by molar-refractivity contribution is -0.128. The monoisotopic (exact) mass is 341 g/mol. The van der Waals surface area contributed by atoms with Gasteiger partial charge >= 0.3 is 0 Å². The van der Waals surface area contributed by atoms with E-state index >= 15 is 0 Å². The highest BCUT2D eigenvalue weighted by atomic mass is 32.2. The average molecular weight is 341 g/mol. The van der Waals surface area contributed by atoms with E-state index in [1.807, 2.05) is 20.8 Å². The van der Waals surface area contributed by atoms with Crippen LogP contribution in [0.15, 0.2) is 24.3 Å². The van der Waals surface area contributed by atoms with E-state index < -0.39 is 15.6 Å². The minimum Gasteiger partial charge on any atom is -0.338 e. The molecular weight excluding hydrogens is 317 g/mol. The lowest BCUT2D eigenvalue weighted by atomic mass is 9.97. The Bertz CT molecular complexity index is 655. The van der Waals surface area contributed by atoms with Crippen LogP contribution in [0.2, 0.25) is 0 Å². The molecule has 6 heteroatoms. The first-order valence-corrected chi connectivity index (χ1v) is 9.75. The fourth-order valence-corrected chi connectivity index (χ4v) is 4.87. The lowest BCUT2D eigenvalue weighted by Crippen LogP contribution is -2.38. The topological polar surface area (TPSA) is 54.5 Å². The van der Waals surface area contributed by atoms with E-state index in [4.69, 9.17) is 0 Å². The zero-order chi connectivity index (χ0) is 17.2. The van der Waals surface area contributed by atoms with Crippen LogP contribution in [0.1, 0.15) is 38.7 Å². The van der Waals surface area contributed by atoms with E-state index in [1.165, 1.54) is 12.1 Å². The highest BCUT2D eigenvalue weighted by Crippen LogP contribution is 2.31. The summed E-state index contributed by atoms with van der Waals surface area (Å²) < 4.78 is 37.0. The second-order valence-corrected chi connectivity index (χ2v) is 8.94. The second-order valence-electron chi connectivity index (χ2n) is 6.83. The zero-order valence-corrected chi connectivity index (χ0v) is 14.6. The Balaban J connectivity index is 2.03. The second kappa shape index (κ2) is 6.99. The number of benzene rings is 1. The number of halogens is 1. The summed E-state index contributed by atoms with van der Waals surface area (Å²) in [6.07, 6.45) is 0.765. The van der Waals surface area contributed by atoms with E-state index in [9.17, 15) is 17.6 Å². The molecule has 128 valence electrons. The Hall–Kier alpha value is -1.43. The quantitative estimate of drug-likeness (QED) is 0.827. The van der Waals surface area contributed by atoms with Crippen molar-refractivity contribution in [3.8, 4) is 0 Å². The van der Waals surface area contributed by atoms with Crippen LogP contribution in [0, 0.1) is 11.7 Å². The van der Waals surface area contributed by atoms with Crippen LogP contribution < -0.4 is 0 Å². The molecule has 4 nitrogen and oxygen atoms in total. The number of hydrogen-bond acceptors (Lipinski definition) is 3. The summed E-state index contributed by atoms with van der Waals surface area (Å²) >= 11 is 0. The Morgan fingerprint density at radius 1 is 1.30 bits per heavy atom. The normalized spacial score (nSPS) is 21.9. The molecule has 2 atom stereocenters. The summed E-state index contributed by atoms with van der Waals surface area (Å²) in [5.41, 5.74) is 0.985. The molecule has 0 spiro atoms. The first kappa shape index (κ1) is 17.9. The van der Waals surface area contributed by atoms with Crippen molar-refractivity contribution in [1.82, 2.24) is 4.90 Å². The van der Waals surface area contributed by atoms with Gasteiger partial charge in [-0.1, -0.05) is 26.0 Å². The maximum absolute atomic E-state index is 13.0. The molecule has 1 aliphatic rings. The van der Waals surface area contributed by atoms with E-state index in [-0.39, 0.29) is 35.4 Å². The first-order valence-electron chi connectivity index (χ1n) is 7.93. The van der Waals surface area contributed by atoms with Crippen LogP contribution >= 0.6 is 0 Å². The number of likely N-dealkylation sites (tertiary alicyclic amines) is 1. The number of nitrogens with zero attached hydrogens (tertiary/aromatic N) is 1. The van der Waals surface area contributed by atoms with Gasteiger partial charge in [0, 0.05) is 18.5 Å². The van der Waals surface area contributed by atoms with Crippen molar-refractivity contribution >= 4 is 15.7 Å². The minimum absolute atomic E-state index is 0.00759. The molecule has 0 bridgehead atoms.